The molecule has 1 aromatic rings. The van der Waals surface area contributed by atoms with Gasteiger partial charge < -0.3 is 11.1 Å². The van der Waals surface area contributed by atoms with Crippen LogP contribution in [-0.4, -0.2) is 23.1 Å². The third-order valence-corrected chi connectivity index (χ3v) is 4.61. The molecular formula is C13H22N6OS. The van der Waals surface area contributed by atoms with E-state index >= 15 is 0 Å². The van der Waals surface area contributed by atoms with E-state index < -0.39 is 11.0 Å². The zero-order valence-corrected chi connectivity index (χ0v) is 12.7. The van der Waals surface area contributed by atoms with Crippen molar-refractivity contribution in [2.45, 2.75) is 24.2 Å². The number of hydrazone groups is 1. The molecule has 0 radical (unpaired) electrons. The minimum atomic E-state index is -1.63. The predicted octanol–water partition coefficient (Wildman–Crippen LogP) is -0.706. The molecule has 0 saturated carbocycles. The first-order valence-electron chi connectivity index (χ1n) is 6.91. The Morgan fingerprint density at radius 3 is 2.76 bits per heavy atom. The Bertz CT molecular complexity index is 541. The largest absolute Gasteiger partial charge is 0.382 e. The molecule has 1 atom stereocenters. The molecule has 0 bridgehead atoms. The fourth-order valence-electron chi connectivity index (χ4n) is 2.71. The van der Waals surface area contributed by atoms with Crippen LogP contribution in [0.2, 0.25) is 0 Å². The molecule has 2 rings (SSSR count). The monoisotopic (exact) mass is 310 g/mol. The molecule has 1 aromatic carbocycles. The molecule has 1 aliphatic rings. The van der Waals surface area contributed by atoms with E-state index in [0.717, 1.165) is 37.9 Å². The summed E-state index contributed by atoms with van der Waals surface area (Å²) < 4.78 is 12.0. The van der Waals surface area contributed by atoms with E-state index in [0.29, 0.717) is 16.4 Å². The number of amidine groups is 1. The first-order chi connectivity index (χ1) is 10.1. The molecule has 0 aliphatic carbocycles. The zero-order chi connectivity index (χ0) is 15.2. The van der Waals surface area contributed by atoms with Gasteiger partial charge >= 0.3 is 0 Å². The normalized spacial score (nSPS) is 18.5. The molecule has 0 amide bonds. The summed E-state index contributed by atoms with van der Waals surface area (Å²) in [5.41, 5.74) is 9.54. The lowest BCUT2D eigenvalue weighted by atomic mass is 9.90. The smallest absolute Gasteiger partial charge is 0.153 e. The first-order valence-corrected chi connectivity index (χ1v) is 8.12. The highest BCUT2D eigenvalue weighted by atomic mass is 32.2. The quantitative estimate of drug-likeness (QED) is 0.212. The standard InChI is InChI=1S/C13H22N6OS/c14-13(18-19-15)11-3-1-2-10(12(11)21(16)20)8-9-4-6-17-7-5-9/h1-3,9,17,19H,4-8,15-16H2,(H2,14,18). The van der Waals surface area contributed by atoms with Crippen molar-refractivity contribution in [1.82, 2.24) is 10.9 Å². The van der Waals surface area contributed by atoms with E-state index in [1.165, 1.54) is 0 Å². The molecule has 1 saturated heterocycles. The van der Waals surface area contributed by atoms with Crippen LogP contribution in [-0.2, 0) is 17.4 Å². The summed E-state index contributed by atoms with van der Waals surface area (Å²) in [7, 11) is -1.63. The summed E-state index contributed by atoms with van der Waals surface area (Å²) in [5, 5.41) is 12.7. The summed E-state index contributed by atoms with van der Waals surface area (Å²) in [6.07, 6.45) is 3.06. The van der Waals surface area contributed by atoms with Crippen LogP contribution in [0.3, 0.4) is 0 Å². The van der Waals surface area contributed by atoms with E-state index in [9.17, 15) is 4.21 Å². The average Bonchev–Trinajstić information content (AvgIpc) is 2.48. The number of rotatable bonds is 5. The van der Waals surface area contributed by atoms with Crippen molar-refractivity contribution in [3.8, 4) is 0 Å². The van der Waals surface area contributed by atoms with Crippen LogP contribution in [0.4, 0.5) is 0 Å². The van der Waals surface area contributed by atoms with Crippen LogP contribution >= 0.6 is 0 Å². The predicted molar refractivity (Wildman–Crippen MR) is 84.4 cm³/mol. The second-order valence-electron chi connectivity index (χ2n) is 5.11. The SMILES string of the molecule is NN/N=C(\N)c1cccc(CC2CCNCC2)c1S(N)=O. The Kier molecular flexibility index (Phi) is 5.68. The van der Waals surface area contributed by atoms with Crippen molar-refractivity contribution >= 4 is 16.8 Å². The molecule has 1 unspecified atom stereocenters. The van der Waals surface area contributed by atoms with E-state index in [-0.39, 0.29) is 5.84 Å². The molecule has 1 heterocycles. The topological polar surface area (TPSA) is 132 Å². The van der Waals surface area contributed by atoms with Gasteiger partial charge in [0.25, 0.3) is 0 Å². The van der Waals surface area contributed by atoms with Gasteiger partial charge in [-0.1, -0.05) is 12.1 Å². The van der Waals surface area contributed by atoms with Gasteiger partial charge in [-0.2, -0.15) is 0 Å². The van der Waals surface area contributed by atoms with Gasteiger partial charge in [0.05, 0.1) is 4.90 Å². The average molecular weight is 310 g/mol. The number of piperidine rings is 1. The van der Waals surface area contributed by atoms with Crippen molar-refractivity contribution in [2.75, 3.05) is 13.1 Å². The molecule has 116 valence electrons. The maximum Gasteiger partial charge on any atom is 0.153 e. The van der Waals surface area contributed by atoms with Crippen molar-refractivity contribution < 1.29 is 4.21 Å². The highest BCUT2D eigenvalue weighted by Gasteiger charge is 2.20. The van der Waals surface area contributed by atoms with E-state index in [1.807, 2.05) is 12.1 Å². The van der Waals surface area contributed by atoms with Crippen molar-refractivity contribution in [1.29, 1.82) is 0 Å². The lowest BCUT2D eigenvalue weighted by molar-refractivity contribution is 0.371. The third kappa shape index (κ3) is 4.01. The molecule has 7 nitrogen and oxygen atoms in total. The second-order valence-corrected chi connectivity index (χ2v) is 6.12. The maximum absolute atomic E-state index is 12.0. The van der Waals surface area contributed by atoms with Crippen molar-refractivity contribution in [3.63, 3.8) is 0 Å². The van der Waals surface area contributed by atoms with Gasteiger partial charge in [-0.05, 0) is 49.9 Å². The lowest BCUT2D eigenvalue weighted by Gasteiger charge is -2.23. The number of benzene rings is 1. The molecule has 0 aromatic heterocycles. The van der Waals surface area contributed by atoms with Crippen molar-refractivity contribution in [3.05, 3.63) is 29.3 Å². The molecule has 1 fully saturated rings. The Morgan fingerprint density at radius 1 is 1.43 bits per heavy atom. The highest BCUT2D eigenvalue weighted by Crippen LogP contribution is 2.24. The van der Waals surface area contributed by atoms with Crippen LogP contribution in [0.15, 0.2) is 28.2 Å². The molecule has 8 N–H and O–H groups in total. The van der Waals surface area contributed by atoms with Crippen LogP contribution in [0.1, 0.15) is 24.0 Å². The lowest BCUT2D eigenvalue weighted by Crippen LogP contribution is -2.29. The Balaban J connectivity index is 2.34. The molecule has 1 aliphatic heterocycles. The van der Waals surface area contributed by atoms with Gasteiger partial charge in [0.15, 0.2) is 5.84 Å². The fraction of sp³-hybridized carbons (Fsp3) is 0.462. The summed E-state index contributed by atoms with van der Waals surface area (Å²) in [6.45, 7) is 2.04. The summed E-state index contributed by atoms with van der Waals surface area (Å²) >= 11 is 0. The Morgan fingerprint density at radius 2 is 2.14 bits per heavy atom. The van der Waals surface area contributed by atoms with Gasteiger partial charge in [0, 0.05) is 5.56 Å². The van der Waals surface area contributed by atoms with E-state index in [1.54, 1.807) is 6.07 Å². The zero-order valence-electron chi connectivity index (χ0n) is 11.8. The second kappa shape index (κ2) is 7.51. The van der Waals surface area contributed by atoms with Crippen LogP contribution < -0.4 is 27.6 Å². The summed E-state index contributed by atoms with van der Waals surface area (Å²) in [4.78, 5) is 0.549. The van der Waals surface area contributed by atoms with E-state index in [4.69, 9.17) is 16.7 Å². The number of hydrogen-bond acceptors (Lipinski definition) is 5. The molecule has 21 heavy (non-hydrogen) atoms. The maximum atomic E-state index is 12.0. The van der Waals surface area contributed by atoms with Gasteiger partial charge in [-0.25, -0.2) is 20.7 Å². The number of nitrogens with two attached hydrogens (primary N) is 3. The Hall–Kier alpha value is -1.48. The minimum absolute atomic E-state index is 0.179. The van der Waals surface area contributed by atoms with Crippen LogP contribution in [0.25, 0.3) is 0 Å². The minimum Gasteiger partial charge on any atom is -0.382 e. The Labute approximate surface area is 126 Å². The van der Waals surface area contributed by atoms with Crippen LogP contribution in [0.5, 0.6) is 0 Å². The van der Waals surface area contributed by atoms with Gasteiger partial charge in [-0.15, -0.1) is 5.10 Å². The fourth-order valence-corrected chi connectivity index (χ4v) is 3.51. The van der Waals surface area contributed by atoms with Gasteiger partial charge in [0.1, 0.15) is 11.0 Å². The molecular weight excluding hydrogens is 288 g/mol. The number of hydrazine groups is 1. The summed E-state index contributed by atoms with van der Waals surface area (Å²) in [6, 6.07) is 5.58. The molecule has 0 spiro atoms. The summed E-state index contributed by atoms with van der Waals surface area (Å²) in [5.74, 6) is 5.89. The first kappa shape index (κ1) is 15.9. The number of hydrogen-bond donors (Lipinski definition) is 5. The van der Waals surface area contributed by atoms with Gasteiger partial charge in [0.2, 0.25) is 0 Å². The number of nitrogens with one attached hydrogen (secondary N) is 2. The highest BCUT2D eigenvalue weighted by molar-refractivity contribution is 7.82. The molecule has 8 heteroatoms. The van der Waals surface area contributed by atoms with Crippen LogP contribution in [0, 0.1) is 5.92 Å². The number of nitrogens with zero attached hydrogens (tertiary/aromatic N) is 1. The van der Waals surface area contributed by atoms with E-state index in [2.05, 4.69) is 16.0 Å². The van der Waals surface area contributed by atoms with Gasteiger partial charge in [-0.3, -0.25) is 0 Å². The van der Waals surface area contributed by atoms with Crippen molar-refractivity contribution in [2.24, 2.45) is 27.7 Å². The third-order valence-electron chi connectivity index (χ3n) is 3.73.